The van der Waals surface area contributed by atoms with Gasteiger partial charge in [0.15, 0.2) is 0 Å². The van der Waals surface area contributed by atoms with E-state index in [0.29, 0.717) is 6.61 Å². The normalized spacial score (nSPS) is 12.2. The van der Waals surface area contributed by atoms with Crippen molar-refractivity contribution < 1.29 is 9.63 Å². The lowest BCUT2D eigenvalue weighted by atomic mass is 10.2. The van der Waals surface area contributed by atoms with Gasteiger partial charge in [0.1, 0.15) is 6.04 Å². The molecule has 0 aliphatic rings. The molecule has 0 heterocycles. The summed E-state index contributed by atoms with van der Waals surface area (Å²) < 4.78 is 0. The Balaban J connectivity index is 2.28. The van der Waals surface area contributed by atoms with E-state index >= 15 is 0 Å². The standard InChI is InChI=1S/C12H18N2O2/c1-10(12(15)14(2)3)13-16-9-11-7-5-4-6-8-11/h4-8,10,13H,9H2,1-3H3. The lowest BCUT2D eigenvalue weighted by Gasteiger charge is -2.17. The van der Waals surface area contributed by atoms with Crippen LogP contribution in [0.5, 0.6) is 0 Å². The van der Waals surface area contributed by atoms with Gasteiger partial charge in [-0.25, -0.2) is 0 Å². The minimum Gasteiger partial charge on any atom is -0.347 e. The lowest BCUT2D eigenvalue weighted by molar-refractivity contribution is -0.135. The molecule has 0 bridgehead atoms. The quantitative estimate of drug-likeness (QED) is 0.761. The maximum absolute atomic E-state index is 11.5. The Kier molecular flexibility index (Phi) is 4.95. The largest absolute Gasteiger partial charge is 0.347 e. The lowest BCUT2D eigenvalue weighted by Crippen LogP contribution is -2.41. The Bertz CT molecular complexity index is 325. The second-order valence-electron chi connectivity index (χ2n) is 3.85. The van der Waals surface area contributed by atoms with Gasteiger partial charge in [0.25, 0.3) is 0 Å². The van der Waals surface area contributed by atoms with Crippen LogP contribution in [0.15, 0.2) is 30.3 Å². The number of carbonyl (C=O) groups is 1. The van der Waals surface area contributed by atoms with E-state index in [1.54, 1.807) is 21.0 Å². The van der Waals surface area contributed by atoms with Gasteiger partial charge in [-0.1, -0.05) is 30.3 Å². The second kappa shape index (κ2) is 6.25. The van der Waals surface area contributed by atoms with E-state index in [1.165, 1.54) is 4.90 Å². The molecule has 0 aromatic heterocycles. The van der Waals surface area contributed by atoms with E-state index in [2.05, 4.69) is 5.48 Å². The number of likely N-dealkylation sites (N-methyl/N-ethyl adjacent to an activating group) is 1. The molecule has 1 rings (SSSR count). The number of hydrogen-bond acceptors (Lipinski definition) is 3. The SMILES string of the molecule is CC(NOCc1ccccc1)C(=O)N(C)C. The third-order valence-electron chi connectivity index (χ3n) is 2.15. The number of carbonyl (C=O) groups excluding carboxylic acids is 1. The molecule has 0 aliphatic carbocycles. The Hall–Kier alpha value is -1.39. The van der Waals surface area contributed by atoms with Gasteiger partial charge in [0, 0.05) is 14.1 Å². The third kappa shape index (κ3) is 4.00. The number of nitrogens with one attached hydrogen (secondary N) is 1. The highest BCUT2D eigenvalue weighted by molar-refractivity contribution is 5.80. The van der Waals surface area contributed by atoms with Crippen LogP contribution in [0.4, 0.5) is 0 Å². The number of hydrogen-bond donors (Lipinski definition) is 1. The summed E-state index contributed by atoms with van der Waals surface area (Å²) in [4.78, 5) is 18.3. The van der Waals surface area contributed by atoms with Crippen LogP contribution in [0.3, 0.4) is 0 Å². The van der Waals surface area contributed by atoms with E-state index in [1.807, 2.05) is 30.3 Å². The van der Waals surface area contributed by atoms with Crippen molar-refractivity contribution in [2.24, 2.45) is 0 Å². The average molecular weight is 222 g/mol. The van der Waals surface area contributed by atoms with E-state index < -0.39 is 0 Å². The number of rotatable bonds is 5. The predicted molar refractivity (Wildman–Crippen MR) is 62.5 cm³/mol. The van der Waals surface area contributed by atoms with Crippen LogP contribution in [0.2, 0.25) is 0 Å². The smallest absolute Gasteiger partial charge is 0.241 e. The first-order chi connectivity index (χ1) is 7.61. The summed E-state index contributed by atoms with van der Waals surface area (Å²) >= 11 is 0. The molecular formula is C12H18N2O2. The number of nitrogens with zero attached hydrogens (tertiary/aromatic N) is 1. The van der Waals surface area contributed by atoms with Gasteiger partial charge in [-0.05, 0) is 12.5 Å². The Morgan fingerprint density at radius 2 is 2.00 bits per heavy atom. The zero-order valence-corrected chi connectivity index (χ0v) is 9.93. The van der Waals surface area contributed by atoms with E-state index in [0.717, 1.165) is 5.56 Å². The molecular weight excluding hydrogens is 204 g/mol. The molecule has 1 amide bonds. The first-order valence-electron chi connectivity index (χ1n) is 5.23. The summed E-state index contributed by atoms with van der Waals surface area (Å²) in [6, 6.07) is 9.47. The fraction of sp³-hybridized carbons (Fsp3) is 0.417. The third-order valence-corrected chi connectivity index (χ3v) is 2.15. The highest BCUT2D eigenvalue weighted by atomic mass is 16.6. The molecule has 0 saturated carbocycles. The van der Waals surface area contributed by atoms with E-state index in [9.17, 15) is 4.79 Å². The summed E-state index contributed by atoms with van der Waals surface area (Å²) in [6.45, 7) is 2.22. The van der Waals surface area contributed by atoms with Crippen LogP contribution in [0, 0.1) is 0 Å². The average Bonchev–Trinajstić information content (AvgIpc) is 2.29. The van der Waals surface area contributed by atoms with Crippen molar-refractivity contribution in [1.29, 1.82) is 0 Å². The Labute approximate surface area is 96.2 Å². The molecule has 1 atom stereocenters. The van der Waals surface area contributed by atoms with Gasteiger partial charge in [-0.3, -0.25) is 9.63 Å². The first-order valence-corrected chi connectivity index (χ1v) is 5.23. The van der Waals surface area contributed by atoms with Crippen molar-refractivity contribution in [3.63, 3.8) is 0 Å². The van der Waals surface area contributed by atoms with Crippen LogP contribution in [-0.4, -0.2) is 30.9 Å². The van der Waals surface area contributed by atoms with Crippen LogP contribution in [0.1, 0.15) is 12.5 Å². The molecule has 4 heteroatoms. The fourth-order valence-electron chi connectivity index (χ4n) is 1.26. The summed E-state index contributed by atoms with van der Waals surface area (Å²) in [5.74, 6) is -0.00642. The predicted octanol–water partition coefficient (Wildman–Crippen LogP) is 1.18. The summed E-state index contributed by atoms with van der Waals surface area (Å²) in [7, 11) is 3.44. The van der Waals surface area contributed by atoms with Gasteiger partial charge in [-0.15, -0.1) is 0 Å². The zero-order valence-electron chi connectivity index (χ0n) is 9.93. The molecule has 1 aromatic rings. The number of amides is 1. The van der Waals surface area contributed by atoms with Gasteiger partial charge in [-0.2, -0.15) is 5.48 Å². The maximum atomic E-state index is 11.5. The zero-order chi connectivity index (χ0) is 12.0. The maximum Gasteiger partial charge on any atom is 0.241 e. The molecule has 1 aromatic carbocycles. The summed E-state index contributed by atoms with van der Waals surface area (Å²) in [5.41, 5.74) is 3.79. The van der Waals surface area contributed by atoms with Gasteiger partial charge < -0.3 is 4.90 Å². The number of benzene rings is 1. The molecule has 4 nitrogen and oxygen atoms in total. The molecule has 88 valence electrons. The fourth-order valence-corrected chi connectivity index (χ4v) is 1.26. The van der Waals surface area contributed by atoms with Crippen molar-refractivity contribution in [1.82, 2.24) is 10.4 Å². The molecule has 0 aliphatic heterocycles. The first kappa shape index (κ1) is 12.7. The molecule has 16 heavy (non-hydrogen) atoms. The monoisotopic (exact) mass is 222 g/mol. The Morgan fingerprint density at radius 3 is 2.56 bits per heavy atom. The summed E-state index contributed by atoms with van der Waals surface area (Å²) in [6.07, 6.45) is 0. The highest BCUT2D eigenvalue weighted by Crippen LogP contribution is 1.99. The van der Waals surface area contributed by atoms with Gasteiger partial charge in [0.2, 0.25) is 5.91 Å². The topological polar surface area (TPSA) is 41.6 Å². The molecule has 0 radical (unpaired) electrons. The van der Waals surface area contributed by atoms with Gasteiger partial charge in [0.05, 0.1) is 6.61 Å². The van der Waals surface area contributed by atoms with Crippen molar-refractivity contribution in [2.45, 2.75) is 19.6 Å². The van der Waals surface area contributed by atoms with Crippen LogP contribution in [-0.2, 0) is 16.2 Å². The minimum absolute atomic E-state index is 0.00642. The molecule has 1 N–H and O–H groups in total. The van der Waals surface area contributed by atoms with Crippen molar-refractivity contribution >= 4 is 5.91 Å². The van der Waals surface area contributed by atoms with Gasteiger partial charge >= 0.3 is 0 Å². The van der Waals surface area contributed by atoms with Crippen LogP contribution >= 0.6 is 0 Å². The highest BCUT2D eigenvalue weighted by Gasteiger charge is 2.13. The van der Waals surface area contributed by atoms with Crippen molar-refractivity contribution in [3.05, 3.63) is 35.9 Å². The Morgan fingerprint density at radius 1 is 1.38 bits per heavy atom. The van der Waals surface area contributed by atoms with Crippen molar-refractivity contribution in [2.75, 3.05) is 14.1 Å². The van der Waals surface area contributed by atoms with E-state index in [4.69, 9.17) is 4.84 Å². The molecule has 0 saturated heterocycles. The minimum atomic E-state index is -0.335. The second-order valence-corrected chi connectivity index (χ2v) is 3.85. The summed E-state index contributed by atoms with van der Waals surface area (Å²) in [5, 5.41) is 0. The van der Waals surface area contributed by atoms with Crippen molar-refractivity contribution in [3.8, 4) is 0 Å². The number of hydroxylamine groups is 1. The van der Waals surface area contributed by atoms with E-state index in [-0.39, 0.29) is 11.9 Å². The molecule has 1 unspecified atom stereocenters. The van der Waals surface area contributed by atoms with Crippen LogP contribution in [0.25, 0.3) is 0 Å². The molecule has 0 fully saturated rings. The molecule has 0 spiro atoms. The van der Waals surface area contributed by atoms with Crippen LogP contribution < -0.4 is 5.48 Å².